The van der Waals surface area contributed by atoms with Gasteiger partial charge >= 0.3 is 0 Å². The number of hydrogen-bond acceptors (Lipinski definition) is 4. The third kappa shape index (κ3) is 3.47. The van der Waals surface area contributed by atoms with Crippen molar-refractivity contribution in [2.45, 2.75) is 26.2 Å². The first-order chi connectivity index (χ1) is 14.3. The SMILES string of the molecule is CCCc1ccc(-c2ccc(-c3noc(Cc4c[nH]c5ccccc45)n3)o2)cc1. The minimum atomic E-state index is 0.466. The molecule has 0 bridgehead atoms. The molecule has 3 aromatic heterocycles. The fourth-order valence-corrected chi connectivity index (χ4v) is 3.61. The van der Waals surface area contributed by atoms with Gasteiger partial charge in [0, 0.05) is 22.7 Å². The minimum Gasteiger partial charge on any atom is -0.453 e. The molecule has 0 saturated carbocycles. The maximum atomic E-state index is 5.98. The highest BCUT2D eigenvalue weighted by Crippen LogP contribution is 2.28. The fraction of sp³-hybridized carbons (Fsp3) is 0.167. The summed E-state index contributed by atoms with van der Waals surface area (Å²) in [6.07, 6.45) is 4.79. The molecule has 0 amide bonds. The number of para-hydroxylation sites is 1. The van der Waals surface area contributed by atoms with Gasteiger partial charge in [-0.15, -0.1) is 0 Å². The smallest absolute Gasteiger partial charge is 0.238 e. The van der Waals surface area contributed by atoms with E-state index in [0.717, 1.165) is 35.2 Å². The first kappa shape index (κ1) is 17.5. The molecule has 0 saturated heterocycles. The van der Waals surface area contributed by atoms with Crippen LogP contribution in [0.25, 0.3) is 33.8 Å². The second-order valence-corrected chi connectivity index (χ2v) is 7.16. The Labute approximate surface area is 168 Å². The molecule has 29 heavy (non-hydrogen) atoms. The molecular weight excluding hydrogens is 362 g/mol. The van der Waals surface area contributed by atoms with E-state index in [4.69, 9.17) is 8.94 Å². The van der Waals surface area contributed by atoms with Gasteiger partial charge in [-0.25, -0.2) is 0 Å². The molecule has 0 aliphatic carbocycles. The summed E-state index contributed by atoms with van der Waals surface area (Å²) in [7, 11) is 0. The van der Waals surface area contributed by atoms with E-state index in [1.807, 2.05) is 30.5 Å². The van der Waals surface area contributed by atoms with Crippen molar-refractivity contribution in [2.24, 2.45) is 0 Å². The molecule has 0 aliphatic rings. The number of benzene rings is 2. The maximum Gasteiger partial charge on any atom is 0.238 e. The number of aromatic nitrogens is 3. The molecule has 0 radical (unpaired) electrons. The predicted molar refractivity (Wildman–Crippen MR) is 113 cm³/mol. The first-order valence-electron chi connectivity index (χ1n) is 9.87. The van der Waals surface area contributed by atoms with Crippen molar-refractivity contribution in [3.63, 3.8) is 0 Å². The molecular formula is C24H21N3O2. The molecule has 5 nitrogen and oxygen atoms in total. The molecule has 5 aromatic rings. The summed E-state index contributed by atoms with van der Waals surface area (Å²) >= 11 is 0. The Hall–Kier alpha value is -3.60. The Kier molecular flexibility index (Phi) is 4.48. The number of fused-ring (bicyclic) bond motifs is 1. The van der Waals surface area contributed by atoms with Crippen LogP contribution in [0, 0.1) is 0 Å². The van der Waals surface area contributed by atoms with Crippen LogP contribution >= 0.6 is 0 Å². The van der Waals surface area contributed by atoms with E-state index < -0.39 is 0 Å². The number of H-pyrrole nitrogens is 1. The van der Waals surface area contributed by atoms with Crippen LogP contribution in [0.1, 0.15) is 30.4 Å². The summed E-state index contributed by atoms with van der Waals surface area (Å²) in [5, 5.41) is 5.27. The van der Waals surface area contributed by atoms with E-state index in [1.165, 1.54) is 10.9 Å². The monoisotopic (exact) mass is 383 g/mol. The van der Waals surface area contributed by atoms with Gasteiger partial charge in [0.15, 0.2) is 5.76 Å². The molecule has 0 fully saturated rings. The summed E-state index contributed by atoms with van der Waals surface area (Å²) in [6.45, 7) is 2.18. The lowest BCUT2D eigenvalue weighted by atomic mass is 10.1. The van der Waals surface area contributed by atoms with Crippen molar-refractivity contribution < 1.29 is 8.94 Å². The third-order valence-electron chi connectivity index (χ3n) is 5.09. The van der Waals surface area contributed by atoms with E-state index in [2.05, 4.69) is 58.4 Å². The molecule has 5 rings (SSSR count). The number of nitrogens with zero attached hydrogens (tertiary/aromatic N) is 2. The van der Waals surface area contributed by atoms with Gasteiger partial charge in [0.25, 0.3) is 0 Å². The molecule has 144 valence electrons. The number of rotatable bonds is 6. The second kappa shape index (κ2) is 7.43. The van der Waals surface area contributed by atoms with Crippen LogP contribution in [0.15, 0.2) is 75.8 Å². The van der Waals surface area contributed by atoms with E-state index in [0.29, 0.717) is 23.9 Å². The number of aromatic amines is 1. The molecule has 0 atom stereocenters. The number of aryl methyl sites for hydroxylation is 1. The number of nitrogens with one attached hydrogen (secondary N) is 1. The quantitative estimate of drug-likeness (QED) is 0.389. The summed E-state index contributed by atoms with van der Waals surface area (Å²) in [5.74, 6) is 2.43. The highest BCUT2D eigenvalue weighted by atomic mass is 16.5. The summed E-state index contributed by atoms with van der Waals surface area (Å²) in [4.78, 5) is 7.79. The second-order valence-electron chi connectivity index (χ2n) is 7.16. The zero-order valence-corrected chi connectivity index (χ0v) is 16.2. The number of hydrogen-bond donors (Lipinski definition) is 1. The zero-order valence-electron chi connectivity index (χ0n) is 16.2. The van der Waals surface area contributed by atoms with Crippen molar-refractivity contribution in [2.75, 3.05) is 0 Å². The largest absolute Gasteiger partial charge is 0.453 e. The molecule has 0 unspecified atom stereocenters. The Balaban J connectivity index is 1.35. The first-order valence-corrected chi connectivity index (χ1v) is 9.87. The van der Waals surface area contributed by atoms with E-state index in [9.17, 15) is 0 Å². The number of furan rings is 1. The summed E-state index contributed by atoms with van der Waals surface area (Å²) < 4.78 is 11.4. The topological polar surface area (TPSA) is 67.8 Å². The fourth-order valence-electron chi connectivity index (χ4n) is 3.61. The van der Waals surface area contributed by atoms with Crippen LogP contribution in [-0.2, 0) is 12.8 Å². The van der Waals surface area contributed by atoms with Crippen LogP contribution in [0.3, 0.4) is 0 Å². The lowest BCUT2D eigenvalue weighted by Crippen LogP contribution is -1.87. The van der Waals surface area contributed by atoms with Gasteiger partial charge in [-0.05, 0) is 35.7 Å². The van der Waals surface area contributed by atoms with Gasteiger partial charge in [0.1, 0.15) is 5.76 Å². The molecule has 0 spiro atoms. The molecule has 5 heteroatoms. The van der Waals surface area contributed by atoms with Crippen LogP contribution < -0.4 is 0 Å². The standard InChI is InChI=1S/C24H21N3O2/c1-2-5-16-8-10-17(11-9-16)21-12-13-22(28-21)24-26-23(29-27-24)14-18-15-25-20-7-4-3-6-19(18)20/h3-4,6-13,15,25H,2,5,14H2,1H3. The van der Waals surface area contributed by atoms with Gasteiger partial charge in [0.2, 0.25) is 11.7 Å². The molecule has 1 N–H and O–H groups in total. The lowest BCUT2D eigenvalue weighted by Gasteiger charge is -2.00. The normalized spacial score (nSPS) is 11.3. The molecule has 3 heterocycles. The van der Waals surface area contributed by atoms with Crippen LogP contribution in [0.4, 0.5) is 0 Å². The minimum absolute atomic E-state index is 0.466. The molecule has 0 aliphatic heterocycles. The van der Waals surface area contributed by atoms with Crippen molar-refractivity contribution in [1.82, 2.24) is 15.1 Å². The van der Waals surface area contributed by atoms with Crippen LogP contribution in [0.2, 0.25) is 0 Å². The maximum absolute atomic E-state index is 5.98. The average molecular weight is 383 g/mol. The Morgan fingerprint density at radius 2 is 1.76 bits per heavy atom. The van der Waals surface area contributed by atoms with Crippen LogP contribution in [0.5, 0.6) is 0 Å². The molecule has 2 aromatic carbocycles. The van der Waals surface area contributed by atoms with Gasteiger partial charge in [0.05, 0.1) is 6.42 Å². The van der Waals surface area contributed by atoms with Gasteiger partial charge in [-0.3, -0.25) is 0 Å². The van der Waals surface area contributed by atoms with Crippen LogP contribution in [-0.4, -0.2) is 15.1 Å². The Bertz CT molecular complexity index is 1240. The summed E-state index contributed by atoms with van der Waals surface area (Å²) in [6, 6.07) is 20.5. The highest BCUT2D eigenvalue weighted by molar-refractivity contribution is 5.83. The highest BCUT2D eigenvalue weighted by Gasteiger charge is 2.15. The van der Waals surface area contributed by atoms with Crippen molar-refractivity contribution in [3.05, 3.63) is 83.9 Å². The van der Waals surface area contributed by atoms with Gasteiger partial charge in [-0.1, -0.05) is 61.0 Å². The van der Waals surface area contributed by atoms with Gasteiger partial charge in [-0.2, -0.15) is 4.98 Å². The Morgan fingerprint density at radius 1 is 0.931 bits per heavy atom. The zero-order chi connectivity index (χ0) is 19.6. The third-order valence-corrected chi connectivity index (χ3v) is 5.09. The van der Waals surface area contributed by atoms with Crippen molar-refractivity contribution >= 4 is 10.9 Å². The summed E-state index contributed by atoms with van der Waals surface area (Å²) in [5.41, 5.74) is 4.60. The predicted octanol–water partition coefficient (Wildman–Crippen LogP) is 6.02. The van der Waals surface area contributed by atoms with Crippen molar-refractivity contribution in [3.8, 4) is 22.9 Å². The lowest BCUT2D eigenvalue weighted by molar-refractivity contribution is 0.384. The van der Waals surface area contributed by atoms with Crippen molar-refractivity contribution in [1.29, 1.82) is 0 Å². The van der Waals surface area contributed by atoms with E-state index in [-0.39, 0.29) is 0 Å². The van der Waals surface area contributed by atoms with Gasteiger partial charge < -0.3 is 13.9 Å². The van der Waals surface area contributed by atoms with E-state index in [1.54, 1.807) is 0 Å². The Morgan fingerprint density at radius 3 is 2.62 bits per heavy atom. The average Bonchev–Trinajstić information content (AvgIpc) is 3.49. The van der Waals surface area contributed by atoms with E-state index >= 15 is 0 Å².